The van der Waals surface area contributed by atoms with E-state index >= 15 is 0 Å². The van der Waals surface area contributed by atoms with E-state index in [1.165, 1.54) is 30.7 Å². The van der Waals surface area contributed by atoms with Crippen LogP contribution < -0.4 is 5.32 Å². The summed E-state index contributed by atoms with van der Waals surface area (Å²) in [6.45, 7) is 14.0. The van der Waals surface area contributed by atoms with Gasteiger partial charge in [0.15, 0.2) is 0 Å². The van der Waals surface area contributed by atoms with Gasteiger partial charge in [-0.2, -0.15) is 0 Å². The number of hydrogen-bond acceptors (Lipinski definition) is 2. The lowest BCUT2D eigenvalue weighted by molar-refractivity contribution is 0.130. The number of nitrogens with one attached hydrogen (secondary N) is 1. The molecular formula is C18H31NS. The third-order valence-electron chi connectivity index (χ3n) is 5.05. The topological polar surface area (TPSA) is 12.0 Å². The molecule has 20 heavy (non-hydrogen) atoms. The van der Waals surface area contributed by atoms with E-state index in [2.05, 4.69) is 51.4 Å². The molecule has 0 saturated heterocycles. The van der Waals surface area contributed by atoms with Crippen molar-refractivity contribution in [1.29, 1.82) is 0 Å². The van der Waals surface area contributed by atoms with Gasteiger partial charge in [0, 0.05) is 4.88 Å². The molecule has 1 aromatic rings. The highest BCUT2D eigenvalue weighted by Crippen LogP contribution is 2.47. The van der Waals surface area contributed by atoms with Crippen LogP contribution in [0.4, 0.5) is 0 Å². The minimum absolute atomic E-state index is 0.451. The molecule has 3 atom stereocenters. The summed E-state index contributed by atoms with van der Waals surface area (Å²) in [7, 11) is 0. The molecule has 1 nitrogen and oxygen atoms in total. The summed E-state index contributed by atoms with van der Waals surface area (Å²) in [4.78, 5) is 1.46. The second-order valence-electron chi connectivity index (χ2n) is 7.54. The maximum Gasteiger partial charge on any atom is 0.00171 e. The van der Waals surface area contributed by atoms with Crippen molar-refractivity contribution in [1.82, 2.24) is 5.32 Å². The van der Waals surface area contributed by atoms with Crippen molar-refractivity contribution in [3.8, 4) is 0 Å². The highest BCUT2D eigenvalue weighted by molar-refractivity contribution is 7.10. The monoisotopic (exact) mass is 293 g/mol. The van der Waals surface area contributed by atoms with Crippen LogP contribution in [0.1, 0.15) is 63.3 Å². The first kappa shape index (κ1) is 16.0. The Labute approximate surface area is 129 Å². The van der Waals surface area contributed by atoms with Crippen LogP contribution in [0.2, 0.25) is 0 Å². The molecule has 0 bridgehead atoms. The van der Waals surface area contributed by atoms with Gasteiger partial charge in [-0.15, -0.1) is 11.3 Å². The van der Waals surface area contributed by atoms with Gasteiger partial charge in [0.05, 0.1) is 0 Å². The van der Waals surface area contributed by atoms with Crippen LogP contribution in [-0.4, -0.2) is 13.1 Å². The lowest BCUT2D eigenvalue weighted by atomic mass is 9.64. The number of hydrogen-bond donors (Lipinski definition) is 1. The van der Waals surface area contributed by atoms with Gasteiger partial charge in [-0.05, 0) is 79.5 Å². The van der Waals surface area contributed by atoms with Crippen molar-refractivity contribution < 1.29 is 0 Å². The third kappa shape index (κ3) is 3.85. The molecule has 1 heterocycles. The smallest absolute Gasteiger partial charge is 0.00171 e. The number of thiophene rings is 1. The van der Waals surface area contributed by atoms with Crippen molar-refractivity contribution in [2.45, 2.75) is 59.8 Å². The van der Waals surface area contributed by atoms with Crippen LogP contribution in [0.5, 0.6) is 0 Å². The highest BCUT2D eigenvalue weighted by atomic mass is 32.1. The average Bonchev–Trinajstić information content (AvgIpc) is 2.81. The summed E-state index contributed by atoms with van der Waals surface area (Å²) >= 11 is 1.91. The van der Waals surface area contributed by atoms with Crippen LogP contribution in [0.25, 0.3) is 0 Å². The Morgan fingerprint density at radius 2 is 2.05 bits per heavy atom. The first-order chi connectivity index (χ1) is 9.41. The fourth-order valence-electron chi connectivity index (χ4n) is 3.66. The van der Waals surface area contributed by atoms with Gasteiger partial charge in [-0.1, -0.05) is 27.7 Å². The Morgan fingerprint density at radius 1 is 1.30 bits per heavy atom. The molecule has 2 rings (SSSR count). The predicted molar refractivity (Wildman–Crippen MR) is 90.6 cm³/mol. The van der Waals surface area contributed by atoms with E-state index in [1.807, 2.05) is 11.3 Å². The zero-order chi connectivity index (χ0) is 14.8. The molecule has 1 aromatic heterocycles. The van der Waals surface area contributed by atoms with Crippen molar-refractivity contribution in [3.63, 3.8) is 0 Å². The first-order valence-electron chi connectivity index (χ1n) is 8.17. The minimum atomic E-state index is 0.451. The lowest BCUT2D eigenvalue weighted by Crippen LogP contribution is -2.35. The van der Waals surface area contributed by atoms with E-state index in [4.69, 9.17) is 0 Å². The zero-order valence-corrected chi connectivity index (χ0v) is 14.6. The summed E-state index contributed by atoms with van der Waals surface area (Å²) in [5, 5.41) is 5.99. The fourth-order valence-corrected chi connectivity index (χ4v) is 4.43. The van der Waals surface area contributed by atoms with Crippen molar-refractivity contribution in [3.05, 3.63) is 21.9 Å². The van der Waals surface area contributed by atoms with E-state index < -0.39 is 0 Å². The molecule has 0 amide bonds. The van der Waals surface area contributed by atoms with E-state index in [1.54, 1.807) is 5.56 Å². The largest absolute Gasteiger partial charge is 0.317 e. The van der Waals surface area contributed by atoms with Gasteiger partial charge < -0.3 is 5.32 Å². The Kier molecular flexibility index (Phi) is 5.30. The quantitative estimate of drug-likeness (QED) is 0.803. The molecule has 1 saturated carbocycles. The second-order valence-corrected chi connectivity index (χ2v) is 8.66. The maximum atomic E-state index is 3.58. The number of aryl methyl sites for hydroxylation is 1. The number of rotatable bonds is 4. The van der Waals surface area contributed by atoms with E-state index in [9.17, 15) is 0 Å². The van der Waals surface area contributed by atoms with Gasteiger partial charge in [0.25, 0.3) is 0 Å². The Morgan fingerprint density at radius 3 is 2.60 bits per heavy atom. The summed E-state index contributed by atoms with van der Waals surface area (Å²) in [6.07, 6.45) is 4.16. The minimum Gasteiger partial charge on any atom is -0.317 e. The Bertz CT molecular complexity index is 415. The summed E-state index contributed by atoms with van der Waals surface area (Å²) in [5.74, 6) is 2.45. The fraction of sp³-hybridized carbons (Fsp3) is 0.778. The molecule has 1 N–H and O–H groups in total. The SMILES string of the molecule is CCNCC1CCC(C(C)(C)C)CC1c1csc(C)c1. The van der Waals surface area contributed by atoms with Gasteiger partial charge in [0.2, 0.25) is 0 Å². The van der Waals surface area contributed by atoms with Gasteiger partial charge in [0.1, 0.15) is 0 Å². The molecule has 0 radical (unpaired) electrons. The third-order valence-corrected chi connectivity index (χ3v) is 5.93. The lowest BCUT2D eigenvalue weighted by Gasteiger charge is -2.42. The van der Waals surface area contributed by atoms with Crippen molar-refractivity contribution >= 4 is 11.3 Å². The van der Waals surface area contributed by atoms with Gasteiger partial charge in [-0.25, -0.2) is 0 Å². The molecule has 0 aliphatic heterocycles. The summed E-state index contributed by atoms with van der Waals surface area (Å²) < 4.78 is 0. The van der Waals surface area contributed by atoms with E-state index in [-0.39, 0.29) is 0 Å². The highest BCUT2D eigenvalue weighted by Gasteiger charge is 2.36. The van der Waals surface area contributed by atoms with Crippen LogP contribution in [0.15, 0.2) is 11.4 Å². The molecule has 2 heteroatoms. The molecule has 1 aliphatic carbocycles. The summed E-state index contributed by atoms with van der Waals surface area (Å²) in [6, 6.07) is 2.43. The Balaban J connectivity index is 2.14. The van der Waals surface area contributed by atoms with E-state index in [0.717, 1.165) is 24.3 Å². The van der Waals surface area contributed by atoms with Gasteiger partial charge >= 0.3 is 0 Å². The molecule has 3 unspecified atom stereocenters. The van der Waals surface area contributed by atoms with Crippen molar-refractivity contribution in [2.24, 2.45) is 17.3 Å². The van der Waals surface area contributed by atoms with Crippen LogP contribution >= 0.6 is 11.3 Å². The maximum absolute atomic E-state index is 3.58. The zero-order valence-electron chi connectivity index (χ0n) is 13.8. The molecule has 1 fully saturated rings. The van der Waals surface area contributed by atoms with Crippen molar-refractivity contribution in [2.75, 3.05) is 13.1 Å². The predicted octanol–water partition coefficient (Wildman–Crippen LogP) is 5.21. The standard InChI is InChI=1S/C18H31NS/c1-6-19-11-14-7-8-16(18(3,4)5)10-17(14)15-9-13(2)20-12-15/h9,12,14,16-17,19H,6-8,10-11H2,1-5H3. The first-order valence-corrected chi connectivity index (χ1v) is 9.05. The van der Waals surface area contributed by atoms with E-state index in [0.29, 0.717) is 5.41 Å². The van der Waals surface area contributed by atoms with Gasteiger partial charge in [-0.3, -0.25) is 0 Å². The second kappa shape index (κ2) is 6.62. The molecule has 114 valence electrons. The average molecular weight is 294 g/mol. The normalized spacial score (nSPS) is 27.8. The van der Waals surface area contributed by atoms with Crippen LogP contribution in [0, 0.1) is 24.2 Å². The van der Waals surface area contributed by atoms with Crippen LogP contribution in [-0.2, 0) is 0 Å². The molecule has 1 aliphatic rings. The van der Waals surface area contributed by atoms with Crippen LogP contribution in [0.3, 0.4) is 0 Å². The molecular weight excluding hydrogens is 262 g/mol. The Hall–Kier alpha value is -0.340. The molecule has 0 spiro atoms. The molecule has 0 aromatic carbocycles. The summed E-state index contributed by atoms with van der Waals surface area (Å²) in [5.41, 5.74) is 2.05.